The average molecular weight is 283 g/mol. The molecule has 1 aliphatic rings. The van der Waals surface area contributed by atoms with Crippen LogP contribution in [0.15, 0.2) is 23.2 Å². The van der Waals surface area contributed by atoms with Crippen molar-refractivity contribution < 1.29 is 8.42 Å². The predicted octanol–water partition coefficient (Wildman–Crippen LogP) is 0.921. The van der Waals surface area contributed by atoms with E-state index < -0.39 is 9.84 Å². The molecule has 1 fully saturated rings. The van der Waals surface area contributed by atoms with Crippen molar-refractivity contribution in [2.24, 2.45) is 5.41 Å². The van der Waals surface area contributed by atoms with Crippen molar-refractivity contribution >= 4 is 15.7 Å². The van der Waals surface area contributed by atoms with E-state index in [0.717, 1.165) is 26.1 Å². The third-order valence-electron chi connectivity index (χ3n) is 3.61. The highest BCUT2D eigenvalue weighted by molar-refractivity contribution is 7.90. The molecule has 0 amide bonds. The zero-order valence-electron chi connectivity index (χ0n) is 11.7. The zero-order chi connectivity index (χ0) is 14.1. The van der Waals surface area contributed by atoms with Gasteiger partial charge in [-0.2, -0.15) is 0 Å². The zero-order valence-corrected chi connectivity index (χ0v) is 12.5. The second kappa shape index (κ2) is 5.09. The summed E-state index contributed by atoms with van der Waals surface area (Å²) < 4.78 is 23.6. The van der Waals surface area contributed by atoms with Crippen LogP contribution in [0.5, 0.6) is 0 Å². The number of sulfone groups is 1. The Bertz CT molecular complexity index is 559. The molecule has 19 heavy (non-hydrogen) atoms. The highest BCUT2D eigenvalue weighted by atomic mass is 32.2. The summed E-state index contributed by atoms with van der Waals surface area (Å²) in [5.41, 5.74) is 0.168. The Balaban J connectivity index is 2.30. The third-order valence-corrected chi connectivity index (χ3v) is 4.73. The number of anilines is 1. The average Bonchev–Trinajstić information content (AvgIpc) is 2.71. The van der Waals surface area contributed by atoms with Gasteiger partial charge in [0.25, 0.3) is 0 Å². The van der Waals surface area contributed by atoms with Gasteiger partial charge in [-0.25, -0.2) is 13.4 Å². The van der Waals surface area contributed by atoms with Crippen molar-refractivity contribution in [1.82, 2.24) is 10.3 Å². The second-order valence-corrected chi connectivity index (χ2v) is 7.59. The lowest BCUT2D eigenvalue weighted by atomic mass is 9.90. The molecule has 1 aromatic rings. The van der Waals surface area contributed by atoms with Crippen LogP contribution < -0.4 is 10.2 Å². The number of hydrogen-bond acceptors (Lipinski definition) is 5. The van der Waals surface area contributed by atoms with Gasteiger partial charge in [-0.15, -0.1) is 0 Å². The van der Waals surface area contributed by atoms with Gasteiger partial charge in [-0.05, 0) is 31.0 Å². The van der Waals surface area contributed by atoms with Gasteiger partial charge in [0.05, 0.1) is 0 Å². The summed E-state index contributed by atoms with van der Waals surface area (Å²) in [6.45, 7) is 4.81. The second-order valence-electron chi connectivity index (χ2n) is 5.61. The van der Waals surface area contributed by atoms with Crippen LogP contribution >= 0.6 is 0 Å². The summed E-state index contributed by atoms with van der Waals surface area (Å²) in [5, 5.41) is 3.20. The van der Waals surface area contributed by atoms with Crippen molar-refractivity contribution in [3.8, 4) is 0 Å². The minimum Gasteiger partial charge on any atom is -0.355 e. The fourth-order valence-corrected chi connectivity index (χ4v) is 3.52. The number of nitrogens with one attached hydrogen (secondary N) is 1. The van der Waals surface area contributed by atoms with E-state index in [0.29, 0.717) is 10.7 Å². The topological polar surface area (TPSA) is 62.3 Å². The van der Waals surface area contributed by atoms with Crippen LogP contribution in [0.3, 0.4) is 0 Å². The molecule has 0 bridgehead atoms. The highest BCUT2D eigenvalue weighted by Gasteiger charge is 2.35. The first-order chi connectivity index (χ1) is 8.86. The van der Waals surface area contributed by atoms with Crippen LogP contribution in [0.25, 0.3) is 0 Å². The first-order valence-corrected chi connectivity index (χ1v) is 8.29. The van der Waals surface area contributed by atoms with E-state index in [1.54, 1.807) is 18.3 Å². The van der Waals surface area contributed by atoms with E-state index >= 15 is 0 Å². The third kappa shape index (κ3) is 3.06. The maximum absolute atomic E-state index is 11.8. The fourth-order valence-electron chi connectivity index (χ4n) is 2.68. The summed E-state index contributed by atoms with van der Waals surface area (Å²) >= 11 is 0. The Morgan fingerprint density at radius 2 is 2.26 bits per heavy atom. The molecule has 106 valence electrons. The molecule has 1 aliphatic heterocycles. The first-order valence-electron chi connectivity index (χ1n) is 6.40. The molecule has 1 atom stereocenters. The van der Waals surface area contributed by atoms with Gasteiger partial charge in [-0.1, -0.05) is 6.92 Å². The van der Waals surface area contributed by atoms with Crippen LogP contribution in [0.2, 0.25) is 0 Å². The van der Waals surface area contributed by atoms with Crippen molar-refractivity contribution in [1.29, 1.82) is 0 Å². The molecule has 0 aliphatic carbocycles. The maximum Gasteiger partial charge on any atom is 0.179 e. The lowest BCUT2D eigenvalue weighted by molar-refractivity contribution is 0.355. The first kappa shape index (κ1) is 14.3. The van der Waals surface area contributed by atoms with Gasteiger partial charge >= 0.3 is 0 Å². The van der Waals surface area contributed by atoms with Crippen LogP contribution in [0, 0.1) is 5.41 Å². The van der Waals surface area contributed by atoms with Gasteiger partial charge in [0.2, 0.25) is 0 Å². The standard InChI is InChI=1S/C13H21N3O2S/c1-13(9-14-2)6-8-16(10-13)12-11(19(3,17)18)5-4-7-15-12/h4-5,7,14H,6,8-10H2,1-3H3. The Labute approximate surface area is 114 Å². The van der Waals surface area contributed by atoms with Crippen LogP contribution in [0.1, 0.15) is 13.3 Å². The fraction of sp³-hybridized carbons (Fsp3) is 0.615. The van der Waals surface area contributed by atoms with E-state index in [1.165, 1.54) is 6.26 Å². The largest absolute Gasteiger partial charge is 0.355 e. The molecule has 1 saturated heterocycles. The quantitative estimate of drug-likeness (QED) is 0.890. The maximum atomic E-state index is 11.8. The SMILES string of the molecule is CNCC1(C)CCN(c2ncccc2S(C)(=O)=O)C1. The van der Waals surface area contributed by atoms with E-state index in [9.17, 15) is 8.42 Å². The number of hydrogen-bond donors (Lipinski definition) is 1. The number of aromatic nitrogens is 1. The smallest absolute Gasteiger partial charge is 0.179 e. The molecule has 1 N–H and O–H groups in total. The van der Waals surface area contributed by atoms with Gasteiger partial charge in [0.1, 0.15) is 10.7 Å². The molecule has 0 aromatic carbocycles. The molecule has 1 aromatic heterocycles. The monoisotopic (exact) mass is 283 g/mol. The van der Waals surface area contributed by atoms with Crippen molar-refractivity contribution in [3.63, 3.8) is 0 Å². The van der Waals surface area contributed by atoms with E-state index in [2.05, 4.69) is 22.1 Å². The predicted molar refractivity (Wildman–Crippen MR) is 76.2 cm³/mol. The number of rotatable bonds is 4. The minimum absolute atomic E-state index is 0.168. The number of nitrogens with zero attached hydrogens (tertiary/aromatic N) is 2. The Morgan fingerprint density at radius 1 is 1.53 bits per heavy atom. The van der Waals surface area contributed by atoms with E-state index in [-0.39, 0.29) is 5.41 Å². The Hall–Kier alpha value is -1.14. The molecule has 0 spiro atoms. The van der Waals surface area contributed by atoms with Crippen molar-refractivity contribution in [2.45, 2.75) is 18.2 Å². The summed E-state index contributed by atoms with van der Waals surface area (Å²) in [5.74, 6) is 0.588. The van der Waals surface area contributed by atoms with Gasteiger partial charge in [0.15, 0.2) is 9.84 Å². The Morgan fingerprint density at radius 3 is 2.89 bits per heavy atom. The van der Waals surface area contributed by atoms with Gasteiger partial charge in [-0.3, -0.25) is 0 Å². The lowest BCUT2D eigenvalue weighted by Crippen LogP contribution is -2.33. The van der Waals surface area contributed by atoms with E-state index in [4.69, 9.17) is 0 Å². The highest BCUT2D eigenvalue weighted by Crippen LogP contribution is 2.34. The van der Waals surface area contributed by atoms with Gasteiger partial charge in [0, 0.05) is 32.1 Å². The summed E-state index contributed by atoms with van der Waals surface area (Å²) in [6.07, 6.45) is 3.92. The molecule has 5 nitrogen and oxygen atoms in total. The normalized spacial score (nSPS) is 23.8. The van der Waals surface area contributed by atoms with Crippen molar-refractivity contribution in [2.75, 3.05) is 37.8 Å². The molecular weight excluding hydrogens is 262 g/mol. The molecule has 0 saturated carbocycles. The van der Waals surface area contributed by atoms with Gasteiger partial charge < -0.3 is 10.2 Å². The Kier molecular flexibility index (Phi) is 3.82. The van der Waals surface area contributed by atoms with Crippen LogP contribution in [-0.4, -0.2) is 46.3 Å². The molecular formula is C13H21N3O2S. The van der Waals surface area contributed by atoms with E-state index in [1.807, 2.05) is 7.05 Å². The summed E-state index contributed by atoms with van der Waals surface area (Å²) in [6, 6.07) is 3.30. The summed E-state index contributed by atoms with van der Waals surface area (Å²) in [7, 11) is -1.30. The lowest BCUT2D eigenvalue weighted by Gasteiger charge is -2.25. The number of pyridine rings is 1. The van der Waals surface area contributed by atoms with Crippen LogP contribution in [-0.2, 0) is 9.84 Å². The molecule has 2 heterocycles. The molecule has 0 radical (unpaired) electrons. The summed E-state index contributed by atoms with van der Waals surface area (Å²) in [4.78, 5) is 6.68. The van der Waals surface area contributed by atoms with Crippen molar-refractivity contribution in [3.05, 3.63) is 18.3 Å². The molecule has 6 heteroatoms. The minimum atomic E-state index is -3.24. The molecule has 2 rings (SSSR count). The molecule has 1 unspecified atom stereocenters. The van der Waals surface area contributed by atoms with Crippen LogP contribution in [0.4, 0.5) is 5.82 Å².